The van der Waals surface area contributed by atoms with Crippen LogP contribution in [0.4, 0.5) is 15.8 Å². The van der Waals surface area contributed by atoms with E-state index in [0.29, 0.717) is 28.9 Å². The number of amides is 1. The Morgan fingerprint density at radius 3 is 2.50 bits per heavy atom. The number of carbonyl (C=O) groups is 1. The number of aromatic hydroxyl groups is 1. The monoisotopic (exact) mass is 378 g/mol. The second-order valence-electron chi connectivity index (χ2n) is 6.85. The number of carbonyl (C=O) groups excluding carboxylic acids is 1. The molecule has 1 atom stereocenters. The molecule has 4 nitrogen and oxygen atoms in total. The number of nitrogens with zero attached hydrogens (tertiary/aromatic N) is 1. The van der Waals surface area contributed by atoms with Crippen molar-refractivity contribution in [3.63, 3.8) is 0 Å². The summed E-state index contributed by atoms with van der Waals surface area (Å²) in [6.07, 6.45) is 0.552. The predicted molar refractivity (Wildman–Crippen MR) is 105 cm³/mol. The van der Waals surface area contributed by atoms with Gasteiger partial charge < -0.3 is 15.3 Å². The van der Waals surface area contributed by atoms with Gasteiger partial charge in [-0.3, -0.25) is 4.79 Å². The fourth-order valence-electron chi connectivity index (χ4n) is 3.65. The highest BCUT2D eigenvalue weighted by molar-refractivity contribution is 6.08. The Bertz CT molecular complexity index is 839. The van der Waals surface area contributed by atoms with Crippen molar-refractivity contribution in [2.75, 3.05) is 17.3 Å². The van der Waals surface area contributed by atoms with E-state index in [2.05, 4.69) is 5.32 Å². The largest absolute Gasteiger partial charge is 0.505 e. The van der Waals surface area contributed by atoms with Crippen LogP contribution in [-0.2, 0) is 10.2 Å². The summed E-state index contributed by atoms with van der Waals surface area (Å²) in [5, 5.41) is 13.5. The number of rotatable bonds is 4. The molecule has 0 aromatic heterocycles. The lowest BCUT2D eigenvalue weighted by Crippen LogP contribution is -2.38. The van der Waals surface area contributed by atoms with E-state index in [4.69, 9.17) is 0 Å². The second-order valence-corrected chi connectivity index (χ2v) is 6.85. The molecular weight excluding hydrogens is 355 g/mol. The molecule has 3 rings (SSSR count). The maximum absolute atomic E-state index is 14.6. The van der Waals surface area contributed by atoms with Gasteiger partial charge in [0.25, 0.3) is 0 Å². The van der Waals surface area contributed by atoms with Gasteiger partial charge in [-0.2, -0.15) is 0 Å². The molecule has 6 heteroatoms. The molecule has 0 saturated heterocycles. The molecule has 0 bridgehead atoms. The van der Waals surface area contributed by atoms with Gasteiger partial charge in [0, 0.05) is 12.6 Å². The smallest absolute Gasteiger partial charge is 0.237 e. The third kappa shape index (κ3) is 2.80. The zero-order valence-corrected chi connectivity index (χ0v) is 16.2. The van der Waals surface area contributed by atoms with Gasteiger partial charge in [0.2, 0.25) is 5.91 Å². The van der Waals surface area contributed by atoms with Crippen LogP contribution in [0.25, 0.3) is 0 Å². The van der Waals surface area contributed by atoms with Crippen LogP contribution in [0.3, 0.4) is 0 Å². The van der Waals surface area contributed by atoms with Crippen molar-refractivity contribution in [1.82, 2.24) is 0 Å². The molecule has 0 radical (unpaired) electrons. The van der Waals surface area contributed by atoms with Gasteiger partial charge in [-0.1, -0.05) is 31.2 Å². The van der Waals surface area contributed by atoms with Gasteiger partial charge in [0.1, 0.15) is 11.6 Å². The lowest BCUT2D eigenvalue weighted by Gasteiger charge is -2.30. The fourth-order valence-corrected chi connectivity index (χ4v) is 3.65. The highest BCUT2D eigenvalue weighted by Crippen LogP contribution is 2.49. The van der Waals surface area contributed by atoms with Crippen LogP contribution in [0.5, 0.6) is 5.75 Å². The number of para-hydroxylation sites is 2. The fraction of sp³-hybridized carbons (Fsp3) is 0.350. The van der Waals surface area contributed by atoms with E-state index in [0.717, 1.165) is 0 Å². The van der Waals surface area contributed by atoms with E-state index in [-0.39, 0.29) is 24.1 Å². The standard InChI is InChI=1S/C20H23FN2O2.ClH/c1-5-16(12-8-6-11-15(22-4)18(12)24)23-17-13(9-7-10-14(17)21)20(2,3)19(23)25;/h6-11,16,22,24H,5H2,1-4H3;1H/t16-;/m0./s1. The number of phenols is 1. The number of hydrogen-bond acceptors (Lipinski definition) is 3. The van der Waals surface area contributed by atoms with E-state index in [1.54, 1.807) is 31.3 Å². The van der Waals surface area contributed by atoms with Gasteiger partial charge in [-0.15, -0.1) is 12.4 Å². The molecule has 0 spiro atoms. The summed E-state index contributed by atoms with van der Waals surface area (Å²) in [5.74, 6) is -0.486. The number of hydrogen-bond donors (Lipinski definition) is 2. The van der Waals surface area contributed by atoms with Crippen LogP contribution < -0.4 is 10.2 Å². The number of nitrogens with one attached hydrogen (secondary N) is 1. The van der Waals surface area contributed by atoms with Crippen molar-refractivity contribution >= 4 is 29.7 Å². The highest BCUT2D eigenvalue weighted by Gasteiger charge is 2.48. The van der Waals surface area contributed by atoms with Crippen molar-refractivity contribution < 1.29 is 14.3 Å². The minimum absolute atomic E-state index is 0. The van der Waals surface area contributed by atoms with E-state index < -0.39 is 17.3 Å². The van der Waals surface area contributed by atoms with Crippen LogP contribution in [0, 0.1) is 5.82 Å². The Hall–Kier alpha value is -2.27. The molecule has 2 aromatic carbocycles. The lowest BCUT2D eigenvalue weighted by atomic mass is 9.86. The molecule has 2 N–H and O–H groups in total. The lowest BCUT2D eigenvalue weighted by molar-refractivity contribution is -0.122. The molecule has 1 amide bonds. The topological polar surface area (TPSA) is 52.6 Å². The van der Waals surface area contributed by atoms with E-state index in [9.17, 15) is 14.3 Å². The van der Waals surface area contributed by atoms with Crippen molar-refractivity contribution in [1.29, 1.82) is 0 Å². The third-order valence-electron chi connectivity index (χ3n) is 5.05. The normalized spacial score (nSPS) is 16.0. The van der Waals surface area contributed by atoms with Crippen LogP contribution in [-0.4, -0.2) is 18.1 Å². The molecule has 1 aliphatic heterocycles. The summed E-state index contributed by atoms with van der Waals surface area (Å²) < 4.78 is 14.6. The average molecular weight is 379 g/mol. The molecular formula is C20H24ClFN2O2. The van der Waals surface area contributed by atoms with Crippen molar-refractivity contribution in [2.45, 2.75) is 38.6 Å². The Morgan fingerprint density at radius 2 is 1.88 bits per heavy atom. The molecule has 0 unspecified atom stereocenters. The minimum atomic E-state index is -0.804. The SMILES string of the molecule is CC[C@@H](c1cccc(NC)c1O)N1C(=O)C(C)(C)c2cccc(F)c21.Cl. The number of benzene rings is 2. The number of phenolic OH excluding ortho intramolecular Hbond substituents is 1. The molecule has 1 heterocycles. The number of anilines is 2. The van der Waals surface area contributed by atoms with Crippen LogP contribution >= 0.6 is 12.4 Å². The summed E-state index contributed by atoms with van der Waals surface area (Å²) in [5.41, 5.74) is 1.38. The average Bonchev–Trinajstić information content (AvgIpc) is 2.79. The van der Waals surface area contributed by atoms with Crippen molar-refractivity contribution in [3.05, 3.63) is 53.3 Å². The van der Waals surface area contributed by atoms with Crippen LogP contribution in [0.1, 0.15) is 44.4 Å². The predicted octanol–water partition coefficient (Wildman–Crippen LogP) is 4.77. The minimum Gasteiger partial charge on any atom is -0.505 e. The molecule has 1 aliphatic rings. The summed E-state index contributed by atoms with van der Waals surface area (Å²) in [7, 11) is 1.72. The zero-order valence-electron chi connectivity index (χ0n) is 15.3. The van der Waals surface area contributed by atoms with Gasteiger partial charge >= 0.3 is 0 Å². The molecule has 26 heavy (non-hydrogen) atoms. The van der Waals surface area contributed by atoms with Gasteiger partial charge in [-0.05, 0) is 38.0 Å². The van der Waals surface area contributed by atoms with E-state index >= 15 is 0 Å². The number of halogens is 2. The van der Waals surface area contributed by atoms with E-state index in [1.165, 1.54) is 11.0 Å². The highest BCUT2D eigenvalue weighted by atomic mass is 35.5. The van der Waals surface area contributed by atoms with E-state index in [1.807, 2.05) is 26.8 Å². The van der Waals surface area contributed by atoms with Gasteiger partial charge in [0.15, 0.2) is 0 Å². The van der Waals surface area contributed by atoms with Crippen LogP contribution in [0.15, 0.2) is 36.4 Å². The van der Waals surface area contributed by atoms with Crippen molar-refractivity contribution in [2.24, 2.45) is 0 Å². The molecule has 0 aliphatic carbocycles. The summed E-state index contributed by atoms with van der Waals surface area (Å²) in [6.45, 7) is 5.55. The maximum atomic E-state index is 14.6. The van der Waals surface area contributed by atoms with Gasteiger partial charge in [0.05, 0.1) is 22.8 Å². The summed E-state index contributed by atoms with van der Waals surface area (Å²) >= 11 is 0. The molecule has 2 aromatic rings. The Kier molecular flexibility index (Phi) is 5.52. The van der Waals surface area contributed by atoms with Gasteiger partial charge in [-0.25, -0.2) is 4.39 Å². The Balaban J connectivity index is 0.00000243. The summed E-state index contributed by atoms with van der Waals surface area (Å²) in [6, 6.07) is 9.71. The second kappa shape index (κ2) is 7.16. The first-order valence-corrected chi connectivity index (χ1v) is 8.46. The first-order valence-electron chi connectivity index (χ1n) is 8.46. The molecule has 140 valence electrons. The first-order chi connectivity index (χ1) is 11.8. The Morgan fingerprint density at radius 1 is 1.23 bits per heavy atom. The van der Waals surface area contributed by atoms with Crippen molar-refractivity contribution in [3.8, 4) is 5.75 Å². The number of fused-ring (bicyclic) bond motifs is 1. The summed E-state index contributed by atoms with van der Waals surface area (Å²) in [4.78, 5) is 14.7. The quantitative estimate of drug-likeness (QED) is 0.753. The maximum Gasteiger partial charge on any atom is 0.237 e. The molecule has 0 fully saturated rings. The van der Waals surface area contributed by atoms with Crippen LogP contribution in [0.2, 0.25) is 0 Å². The first kappa shape index (κ1) is 20.0. The Labute approximate surface area is 159 Å². The zero-order chi connectivity index (χ0) is 18.4. The molecule has 0 saturated carbocycles. The third-order valence-corrected chi connectivity index (χ3v) is 5.05.